The molecule has 12 heavy (non-hydrogen) atoms. The average molecular weight is 170 g/mol. The van der Waals surface area contributed by atoms with Gasteiger partial charge in [-0.05, 0) is 32.6 Å². The molecule has 0 saturated carbocycles. The first-order chi connectivity index (χ1) is 5.22. The van der Waals surface area contributed by atoms with E-state index in [0.717, 1.165) is 0 Å². The monoisotopic (exact) mass is 170 g/mol. The lowest BCUT2D eigenvalue weighted by Crippen LogP contribution is -2.25. The van der Waals surface area contributed by atoms with Crippen molar-refractivity contribution in [2.75, 3.05) is 0 Å². The molecule has 1 fully saturated rings. The second kappa shape index (κ2) is 2.47. The van der Waals surface area contributed by atoms with E-state index < -0.39 is 0 Å². The molecule has 0 amide bonds. The van der Waals surface area contributed by atoms with E-state index in [0.29, 0.717) is 5.41 Å². The Morgan fingerprint density at radius 1 is 1.17 bits per heavy atom. The SMILES string of the molecule is CCC(C)(C)CC1(C)OC1(C)C. The molecule has 1 unspecified atom stereocenters. The van der Waals surface area contributed by atoms with Crippen LogP contribution in [0.1, 0.15) is 54.4 Å². The van der Waals surface area contributed by atoms with Crippen molar-refractivity contribution in [2.45, 2.75) is 65.6 Å². The third-order valence-corrected chi connectivity index (χ3v) is 3.49. The maximum absolute atomic E-state index is 5.73. The molecule has 1 saturated heterocycles. The number of ether oxygens (including phenoxy) is 1. The molecule has 72 valence electrons. The van der Waals surface area contributed by atoms with Crippen LogP contribution in [-0.2, 0) is 4.74 Å². The fourth-order valence-corrected chi connectivity index (χ4v) is 1.82. The molecule has 1 aliphatic rings. The van der Waals surface area contributed by atoms with Crippen LogP contribution in [0.15, 0.2) is 0 Å². The molecule has 1 rings (SSSR count). The Hall–Kier alpha value is -0.0400. The normalized spacial score (nSPS) is 33.5. The summed E-state index contributed by atoms with van der Waals surface area (Å²) in [6.07, 6.45) is 2.39. The minimum Gasteiger partial charge on any atom is -0.363 e. The van der Waals surface area contributed by atoms with Gasteiger partial charge in [0.15, 0.2) is 0 Å². The molecular formula is C11H22O. The molecule has 0 aromatic carbocycles. The highest BCUT2D eigenvalue weighted by Crippen LogP contribution is 2.53. The van der Waals surface area contributed by atoms with Crippen molar-refractivity contribution in [1.82, 2.24) is 0 Å². The lowest BCUT2D eigenvalue weighted by atomic mass is 9.77. The number of hydrogen-bond acceptors (Lipinski definition) is 1. The second-order valence-electron chi connectivity index (χ2n) is 5.54. The predicted octanol–water partition coefficient (Wildman–Crippen LogP) is 3.38. The summed E-state index contributed by atoms with van der Waals surface area (Å²) in [5, 5.41) is 0. The zero-order valence-corrected chi connectivity index (χ0v) is 9.32. The van der Waals surface area contributed by atoms with Crippen LogP contribution in [0.4, 0.5) is 0 Å². The predicted molar refractivity (Wildman–Crippen MR) is 52.3 cm³/mol. The van der Waals surface area contributed by atoms with E-state index in [1.54, 1.807) is 0 Å². The van der Waals surface area contributed by atoms with Gasteiger partial charge >= 0.3 is 0 Å². The van der Waals surface area contributed by atoms with Crippen LogP contribution in [-0.4, -0.2) is 11.2 Å². The van der Waals surface area contributed by atoms with Crippen LogP contribution in [0.2, 0.25) is 0 Å². The Kier molecular flexibility index (Phi) is 2.07. The van der Waals surface area contributed by atoms with E-state index >= 15 is 0 Å². The summed E-state index contributed by atoms with van der Waals surface area (Å²) < 4.78 is 5.73. The van der Waals surface area contributed by atoms with Gasteiger partial charge in [-0.1, -0.05) is 27.2 Å². The molecule has 1 heteroatoms. The van der Waals surface area contributed by atoms with Crippen molar-refractivity contribution in [1.29, 1.82) is 0 Å². The van der Waals surface area contributed by atoms with Gasteiger partial charge in [0.05, 0.1) is 11.2 Å². The quantitative estimate of drug-likeness (QED) is 0.591. The number of rotatable bonds is 3. The van der Waals surface area contributed by atoms with Gasteiger partial charge in [0.2, 0.25) is 0 Å². The lowest BCUT2D eigenvalue weighted by Gasteiger charge is -2.25. The number of hydrogen-bond donors (Lipinski definition) is 0. The standard InChI is InChI=1S/C11H22O/c1-7-9(2,3)8-11(6)10(4,5)12-11/h7-8H2,1-6H3. The van der Waals surface area contributed by atoms with Crippen LogP contribution >= 0.6 is 0 Å². The number of epoxide rings is 1. The molecule has 0 aromatic rings. The molecule has 1 atom stereocenters. The van der Waals surface area contributed by atoms with E-state index in [-0.39, 0.29) is 11.2 Å². The Bertz CT molecular complexity index is 181. The summed E-state index contributed by atoms with van der Waals surface area (Å²) >= 11 is 0. The molecule has 0 aromatic heterocycles. The van der Waals surface area contributed by atoms with Gasteiger partial charge in [0.1, 0.15) is 0 Å². The third kappa shape index (κ3) is 1.66. The van der Waals surface area contributed by atoms with E-state index in [2.05, 4.69) is 41.5 Å². The molecule has 0 aliphatic carbocycles. The summed E-state index contributed by atoms with van der Waals surface area (Å²) in [4.78, 5) is 0. The topological polar surface area (TPSA) is 12.5 Å². The Morgan fingerprint density at radius 2 is 1.58 bits per heavy atom. The molecule has 1 aliphatic heterocycles. The maximum Gasteiger partial charge on any atom is 0.0951 e. The summed E-state index contributed by atoms with van der Waals surface area (Å²) in [6.45, 7) is 13.5. The molecule has 0 spiro atoms. The van der Waals surface area contributed by atoms with E-state index in [9.17, 15) is 0 Å². The highest BCUT2D eigenvalue weighted by atomic mass is 16.6. The van der Waals surface area contributed by atoms with Crippen molar-refractivity contribution in [2.24, 2.45) is 5.41 Å². The maximum atomic E-state index is 5.73. The van der Waals surface area contributed by atoms with Crippen molar-refractivity contribution >= 4 is 0 Å². The summed E-state index contributed by atoms with van der Waals surface area (Å²) in [5.74, 6) is 0. The minimum absolute atomic E-state index is 0.111. The van der Waals surface area contributed by atoms with Crippen molar-refractivity contribution in [3.8, 4) is 0 Å². The molecule has 0 N–H and O–H groups in total. The van der Waals surface area contributed by atoms with Crippen LogP contribution in [0, 0.1) is 5.41 Å². The van der Waals surface area contributed by atoms with Gasteiger partial charge in [0, 0.05) is 0 Å². The lowest BCUT2D eigenvalue weighted by molar-refractivity contribution is 0.205. The Morgan fingerprint density at radius 3 is 1.83 bits per heavy atom. The van der Waals surface area contributed by atoms with Gasteiger partial charge < -0.3 is 4.74 Å². The Balaban J connectivity index is 2.54. The fraction of sp³-hybridized carbons (Fsp3) is 1.00. The molecular weight excluding hydrogens is 148 g/mol. The second-order valence-corrected chi connectivity index (χ2v) is 5.54. The zero-order chi connectivity index (χ0) is 9.62. The van der Waals surface area contributed by atoms with E-state index in [1.807, 2.05) is 0 Å². The van der Waals surface area contributed by atoms with E-state index in [1.165, 1.54) is 12.8 Å². The first-order valence-corrected chi connectivity index (χ1v) is 4.93. The zero-order valence-electron chi connectivity index (χ0n) is 9.32. The minimum atomic E-state index is 0.111. The average Bonchev–Trinajstić information content (AvgIpc) is 2.30. The van der Waals surface area contributed by atoms with Crippen molar-refractivity contribution < 1.29 is 4.74 Å². The highest BCUT2D eigenvalue weighted by Gasteiger charge is 2.60. The molecule has 0 bridgehead atoms. The van der Waals surface area contributed by atoms with Crippen LogP contribution < -0.4 is 0 Å². The third-order valence-electron chi connectivity index (χ3n) is 3.49. The van der Waals surface area contributed by atoms with E-state index in [4.69, 9.17) is 4.74 Å². The molecule has 0 radical (unpaired) electrons. The first kappa shape index (κ1) is 10.0. The summed E-state index contributed by atoms with van der Waals surface area (Å²) in [6, 6.07) is 0. The van der Waals surface area contributed by atoms with Gasteiger partial charge in [-0.25, -0.2) is 0 Å². The van der Waals surface area contributed by atoms with Gasteiger partial charge in [-0.3, -0.25) is 0 Å². The van der Waals surface area contributed by atoms with Crippen molar-refractivity contribution in [3.63, 3.8) is 0 Å². The summed E-state index contributed by atoms with van der Waals surface area (Å²) in [7, 11) is 0. The van der Waals surface area contributed by atoms with Gasteiger partial charge in [-0.2, -0.15) is 0 Å². The largest absolute Gasteiger partial charge is 0.363 e. The van der Waals surface area contributed by atoms with Crippen LogP contribution in [0.3, 0.4) is 0 Å². The molecule has 1 nitrogen and oxygen atoms in total. The van der Waals surface area contributed by atoms with Gasteiger partial charge in [0.25, 0.3) is 0 Å². The molecule has 1 heterocycles. The highest BCUT2D eigenvalue weighted by molar-refractivity contribution is 5.09. The first-order valence-electron chi connectivity index (χ1n) is 4.93. The smallest absolute Gasteiger partial charge is 0.0951 e. The fourth-order valence-electron chi connectivity index (χ4n) is 1.82. The van der Waals surface area contributed by atoms with Crippen LogP contribution in [0.25, 0.3) is 0 Å². The van der Waals surface area contributed by atoms with Gasteiger partial charge in [-0.15, -0.1) is 0 Å². The van der Waals surface area contributed by atoms with Crippen LogP contribution in [0.5, 0.6) is 0 Å². The Labute approximate surface area is 76.5 Å². The van der Waals surface area contributed by atoms with Crippen molar-refractivity contribution in [3.05, 3.63) is 0 Å². The summed E-state index contributed by atoms with van der Waals surface area (Å²) in [5.41, 5.74) is 0.661.